The van der Waals surface area contributed by atoms with E-state index in [0.717, 1.165) is 0 Å². The summed E-state index contributed by atoms with van der Waals surface area (Å²) in [7, 11) is 0. The molecule has 0 saturated carbocycles. The van der Waals surface area contributed by atoms with E-state index in [4.69, 9.17) is 9.84 Å². The maximum Gasteiger partial charge on any atom is 0.333 e. The topological polar surface area (TPSA) is 63.6 Å². The summed E-state index contributed by atoms with van der Waals surface area (Å²) in [5, 5.41) is 8.35. The normalized spacial score (nSPS) is 11.8. The molecule has 4 heteroatoms. The van der Waals surface area contributed by atoms with Gasteiger partial charge in [-0.2, -0.15) is 0 Å². The molecule has 0 aliphatic carbocycles. The molecule has 0 aliphatic heterocycles. The molecule has 0 aromatic carbocycles. The highest BCUT2D eigenvalue weighted by Gasteiger charge is 2.10. The highest BCUT2D eigenvalue weighted by atomic mass is 16.5. The van der Waals surface area contributed by atoms with Crippen LogP contribution in [0.25, 0.3) is 0 Å². The molecule has 0 saturated heterocycles. The first-order chi connectivity index (χ1) is 5.93. The highest BCUT2D eigenvalue weighted by Crippen LogP contribution is 2.04. The number of carbonyl (C=O) groups excluding carboxylic acids is 1. The third-order valence-electron chi connectivity index (χ3n) is 1.42. The molecule has 0 aliphatic rings. The molecule has 1 unspecified atom stereocenters. The van der Waals surface area contributed by atoms with Gasteiger partial charge in [0.1, 0.15) is 0 Å². The summed E-state index contributed by atoms with van der Waals surface area (Å²) in [6, 6.07) is 0. The van der Waals surface area contributed by atoms with E-state index in [1.165, 1.54) is 0 Å². The number of aliphatic carboxylic acids is 1. The van der Waals surface area contributed by atoms with Crippen molar-refractivity contribution in [3.8, 4) is 0 Å². The van der Waals surface area contributed by atoms with E-state index in [1.807, 2.05) is 0 Å². The van der Waals surface area contributed by atoms with Crippen LogP contribution in [0.15, 0.2) is 12.2 Å². The van der Waals surface area contributed by atoms with Gasteiger partial charge >= 0.3 is 11.9 Å². The third kappa shape index (κ3) is 5.90. The van der Waals surface area contributed by atoms with Crippen molar-refractivity contribution in [2.75, 3.05) is 0 Å². The summed E-state index contributed by atoms with van der Waals surface area (Å²) < 4.78 is 4.86. The molecule has 74 valence electrons. The summed E-state index contributed by atoms with van der Waals surface area (Å²) in [5.41, 5.74) is 0.321. The Morgan fingerprint density at radius 1 is 1.54 bits per heavy atom. The molecule has 0 heterocycles. The number of carboxylic acid groups (broad SMARTS) is 1. The Hall–Kier alpha value is -1.32. The average molecular weight is 186 g/mol. The minimum Gasteiger partial charge on any atom is -0.481 e. The first-order valence-electron chi connectivity index (χ1n) is 4.01. The number of carbonyl (C=O) groups is 2. The first kappa shape index (κ1) is 11.7. The molecular weight excluding hydrogens is 172 g/mol. The predicted octanol–water partition coefficient (Wildman–Crippen LogP) is 1.36. The van der Waals surface area contributed by atoms with Crippen molar-refractivity contribution in [3.05, 3.63) is 12.2 Å². The molecule has 0 aromatic rings. The Bertz CT molecular complexity index is 220. The lowest BCUT2D eigenvalue weighted by Gasteiger charge is -2.11. The summed E-state index contributed by atoms with van der Waals surface area (Å²) in [6.07, 6.45) is -0.0424. The molecule has 0 bridgehead atoms. The van der Waals surface area contributed by atoms with Crippen molar-refractivity contribution < 1.29 is 19.4 Å². The van der Waals surface area contributed by atoms with Gasteiger partial charge < -0.3 is 9.84 Å². The molecule has 0 amide bonds. The zero-order valence-corrected chi connectivity index (χ0v) is 7.87. The van der Waals surface area contributed by atoms with Crippen molar-refractivity contribution in [1.29, 1.82) is 0 Å². The lowest BCUT2D eigenvalue weighted by Crippen LogP contribution is -2.16. The second-order valence-electron chi connectivity index (χ2n) is 2.93. The minimum absolute atomic E-state index is 0.00460. The lowest BCUT2D eigenvalue weighted by atomic mass is 10.2. The largest absolute Gasteiger partial charge is 0.481 e. The van der Waals surface area contributed by atoms with Gasteiger partial charge in [-0.05, 0) is 20.3 Å². The molecule has 0 aromatic heterocycles. The quantitative estimate of drug-likeness (QED) is 0.520. The van der Waals surface area contributed by atoms with Crippen LogP contribution < -0.4 is 0 Å². The van der Waals surface area contributed by atoms with Crippen LogP contribution in [-0.2, 0) is 14.3 Å². The monoisotopic (exact) mass is 186 g/mol. The summed E-state index contributed by atoms with van der Waals surface area (Å²) in [6.45, 7) is 6.62. The Labute approximate surface area is 77.2 Å². The van der Waals surface area contributed by atoms with Gasteiger partial charge in [0.25, 0.3) is 0 Å². The molecule has 0 fully saturated rings. The van der Waals surface area contributed by atoms with E-state index in [9.17, 15) is 9.59 Å². The van der Waals surface area contributed by atoms with Crippen molar-refractivity contribution in [2.45, 2.75) is 32.8 Å². The average Bonchev–Trinajstić information content (AvgIpc) is 2.00. The van der Waals surface area contributed by atoms with E-state index in [1.54, 1.807) is 13.8 Å². The van der Waals surface area contributed by atoms with Gasteiger partial charge in [0.2, 0.25) is 0 Å². The van der Waals surface area contributed by atoms with Crippen molar-refractivity contribution in [1.82, 2.24) is 0 Å². The van der Waals surface area contributed by atoms with Crippen LogP contribution in [-0.4, -0.2) is 23.1 Å². The van der Waals surface area contributed by atoms with E-state index >= 15 is 0 Å². The van der Waals surface area contributed by atoms with E-state index in [-0.39, 0.29) is 12.5 Å². The van der Waals surface area contributed by atoms with Gasteiger partial charge in [-0.15, -0.1) is 0 Å². The van der Waals surface area contributed by atoms with E-state index < -0.39 is 11.9 Å². The van der Waals surface area contributed by atoms with Crippen molar-refractivity contribution >= 4 is 11.9 Å². The van der Waals surface area contributed by atoms with Crippen LogP contribution in [0.1, 0.15) is 26.7 Å². The molecule has 0 radical (unpaired) electrons. The molecule has 0 spiro atoms. The predicted molar refractivity (Wildman–Crippen MR) is 47.2 cm³/mol. The zero-order valence-electron chi connectivity index (χ0n) is 7.87. The van der Waals surface area contributed by atoms with E-state index in [2.05, 4.69) is 6.58 Å². The van der Waals surface area contributed by atoms with Gasteiger partial charge in [-0.3, -0.25) is 4.79 Å². The molecule has 1 N–H and O–H groups in total. The fourth-order valence-electron chi connectivity index (χ4n) is 0.669. The smallest absolute Gasteiger partial charge is 0.333 e. The number of carboxylic acids is 1. The van der Waals surface area contributed by atoms with Crippen LogP contribution in [0.2, 0.25) is 0 Å². The van der Waals surface area contributed by atoms with Crippen LogP contribution in [0.5, 0.6) is 0 Å². The van der Waals surface area contributed by atoms with Gasteiger partial charge in [0, 0.05) is 12.0 Å². The fourth-order valence-corrected chi connectivity index (χ4v) is 0.669. The molecule has 4 nitrogen and oxygen atoms in total. The van der Waals surface area contributed by atoms with Crippen LogP contribution in [0, 0.1) is 0 Å². The van der Waals surface area contributed by atoms with E-state index in [0.29, 0.717) is 12.0 Å². The second kappa shape index (κ2) is 5.35. The Kier molecular flexibility index (Phi) is 4.80. The van der Waals surface area contributed by atoms with Crippen LogP contribution in [0.4, 0.5) is 0 Å². The van der Waals surface area contributed by atoms with Crippen molar-refractivity contribution in [3.63, 3.8) is 0 Å². The van der Waals surface area contributed by atoms with Gasteiger partial charge in [-0.1, -0.05) is 6.58 Å². The van der Waals surface area contributed by atoms with Crippen LogP contribution in [0.3, 0.4) is 0 Å². The summed E-state index contributed by atoms with van der Waals surface area (Å²) >= 11 is 0. The Balaban J connectivity index is 3.74. The summed E-state index contributed by atoms with van der Waals surface area (Å²) in [5.74, 6) is -1.36. The highest BCUT2D eigenvalue weighted by molar-refractivity contribution is 5.87. The maximum atomic E-state index is 10.9. The van der Waals surface area contributed by atoms with Gasteiger partial charge in [-0.25, -0.2) is 4.79 Å². The standard InChI is InChI=1S/C9H14O4/c1-6(2)9(12)13-7(3)4-5-8(10)11/h7H,1,4-5H2,2-3H3,(H,10,11). The number of hydrogen-bond donors (Lipinski definition) is 1. The van der Waals surface area contributed by atoms with Gasteiger partial charge in [0.15, 0.2) is 0 Å². The maximum absolute atomic E-state index is 10.9. The number of rotatable bonds is 5. The van der Waals surface area contributed by atoms with Crippen LogP contribution >= 0.6 is 0 Å². The molecule has 1 atom stereocenters. The van der Waals surface area contributed by atoms with Gasteiger partial charge in [0.05, 0.1) is 6.10 Å². The zero-order chi connectivity index (χ0) is 10.4. The number of hydrogen-bond acceptors (Lipinski definition) is 3. The number of esters is 1. The first-order valence-corrected chi connectivity index (χ1v) is 4.01. The summed E-state index contributed by atoms with van der Waals surface area (Å²) in [4.78, 5) is 21.1. The molecule has 13 heavy (non-hydrogen) atoms. The lowest BCUT2D eigenvalue weighted by molar-refractivity contribution is -0.146. The molecule has 0 rings (SSSR count). The number of ether oxygens (including phenoxy) is 1. The second-order valence-corrected chi connectivity index (χ2v) is 2.93. The Morgan fingerprint density at radius 3 is 2.46 bits per heavy atom. The Morgan fingerprint density at radius 2 is 2.08 bits per heavy atom. The minimum atomic E-state index is -0.891. The molecular formula is C9H14O4. The van der Waals surface area contributed by atoms with Crippen molar-refractivity contribution in [2.24, 2.45) is 0 Å². The SMILES string of the molecule is C=C(C)C(=O)OC(C)CCC(=O)O. The fraction of sp³-hybridized carbons (Fsp3) is 0.556. The third-order valence-corrected chi connectivity index (χ3v) is 1.42.